The van der Waals surface area contributed by atoms with Crippen molar-refractivity contribution in [3.8, 4) is 0 Å². The fourth-order valence-corrected chi connectivity index (χ4v) is 1.53. The van der Waals surface area contributed by atoms with Gasteiger partial charge < -0.3 is 10.7 Å². The number of anilines is 2. The number of nitrogens with zero attached hydrogens (tertiary/aromatic N) is 2. The van der Waals surface area contributed by atoms with Gasteiger partial charge in [-0.1, -0.05) is 0 Å². The molecule has 18 heavy (non-hydrogen) atoms. The number of rotatable bonds is 3. The van der Waals surface area contributed by atoms with Gasteiger partial charge in [0.1, 0.15) is 0 Å². The van der Waals surface area contributed by atoms with Crippen LogP contribution in [0.1, 0.15) is 15.9 Å². The van der Waals surface area contributed by atoms with Crippen LogP contribution in [0.4, 0.5) is 11.4 Å². The van der Waals surface area contributed by atoms with Gasteiger partial charge in [0.2, 0.25) is 0 Å². The third-order valence-electron chi connectivity index (χ3n) is 2.35. The van der Waals surface area contributed by atoms with Gasteiger partial charge in [-0.2, -0.15) is 0 Å². The van der Waals surface area contributed by atoms with E-state index in [0.717, 1.165) is 5.56 Å². The highest BCUT2D eigenvalue weighted by Crippen LogP contribution is 2.15. The van der Waals surface area contributed by atoms with Crippen molar-refractivity contribution in [3.05, 3.63) is 48.0 Å². The molecule has 0 saturated carbocycles. The molecule has 0 aliphatic rings. The molecule has 0 aliphatic heterocycles. The second-order valence-corrected chi connectivity index (χ2v) is 3.77. The first-order chi connectivity index (χ1) is 8.70. The molecule has 2 aromatic rings. The van der Waals surface area contributed by atoms with E-state index in [2.05, 4.69) is 20.7 Å². The lowest BCUT2D eigenvalue weighted by Crippen LogP contribution is -2.17. The van der Waals surface area contributed by atoms with E-state index in [4.69, 9.17) is 5.84 Å². The predicted octanol–water partition coefficient (Wildman–Crippen LogP) is 1.32. The quantitative estimate of drug-likeness (QED) is 0.558. The summed E-state index contributed by atoms with van der Waals surface area (Å²) in [5, 5.41) is 2.75. The molecule has 2 rings (SSSR count). The molecule has 0 unspecified atom stereocenters. The number of nitrogens with one attached hydrogen (secondary N) is 2. The number of amides is 1. The third-order valence-corrected chi connectivity index (χ3v) is 2.35. The van der Waals surface area contributed by atoms with Crippen molar-refractivity contribution in [2.24, 2.45) is 5.84 Å². The summed E-state index contributed by atoms with van der Waals surface area (Å²) in [7, 11) is 0. The van der Waals surface area contributed by atoms with Crippen molar-refractivity contribution in [1.29, 1.82) is 0 Å². The van der Waals surface area contributed by atoms with Crippen molar-refractivity contribution < 1.29 is 4.79 Å². The topological polar surface area (TPSA) is 92.9 Å². The van der Waals surface area contributed by atoms with E-state index in [1.54, 1.807) is 18.5 Å². The van der Waals surface area contributed by atoms with Crippen LogP contribution in [0.2, 0.25) is 0 Å². The molecule has 0 spiro atoms. The van der Waals surface area contributed by atoms with Gasteiger partial charge >= 0.3 is 0 Å². The van der Waals surface area contributed by atoms with E-state index >= 15 is 0 Å². The Hall–Kier alpha value is -2.47. The lowest BCUT2D eigenvalue weighted by molar-refractivity contribution is 0.102. The molecule has 0 saturated heterocycles. The number of hydrogen-bond acceptors (Lipinski definition) is 5. The van der Waals surface area contributed by atoms with E-state index in [0.29, 0.717) is 16.9 Å². The average Bonchev–Trinajstić information content (AvgIpc) is 2.38. The first kappa shape index (κ1) is 12.0. The van der Waals surface area contributed by atoms with Crippen molar-refractivity contribution in [2.75, 3.05) is 10.7 Å². The zero-order valence-electron chi connectivity index (χ0n) is 9.84. The van der Waals surface area contributed by atoms with E-state index in [1.165, 1.54) is 12.4 Å². The molecule has 0 atom stereocenters. The van der Waals surface area contributed by atoms with Crippen molar-refractivity contribution in [3.63, 3.8) is 0 Å². The second-order valence-electron chi connectivity index (χ2n) is 3.77. The number of aromatic nitrogens is 2. The lowest BCUT2D eigenvalue weighted by Gasteiger charge is -2.09. The standard InChI is InChI=1S/C12H13N5O/c1-8-4-9(6-15-5-8)16-12(18)10-2-3-14-7-11(10)17-13/h2-7,17H,13H2,1H3,(H,16,18). The van der Waals surface area contributed by atoms with Crippen LogP contribution >= 0.6 is 0 Å². The molecule has 2 aromatic heterocycles. The number of hydrazine groups is 1. The van der Waals surface area contributed by atoms with E-state index in [1.807, 2.05) is 13.0 Å². The minimum atomic E-state index is -0.266. The summed E-state index contributed by atoms with van der Waals surface area (Å²) < 4.78 is 0. The van der Waals surface area contributed by atoms with E-state index < -0.39 is 0 Å². The van der Waals surface area contributed by atoms with Crippen LogP contribution in [0.5, 0.6) is 0 Å². The van der Waals surface area contributed by atoms with Gasteiger partial charge in [0.15, 0.2) is 0 Å². The molecule has 4 N–H and O–H groups in total. The van der Waals surface area contributed by atoms with Gasteiger partial charge in [0, 0.05) is 12.4 Å². The first-order valence-corrected chi connectivity index (χ1v) is 5.34. The fraction of sp³-hybridized carbons (Fsp3) is 0.0833. The molecule has 0 bridgehead atoms. The smallest absolute Gasteiger partial charge is 0.257 e. The van der Waals surface area contributed by atoms with Gasteiger partial charge in [0.05, 0.1) is 29.3 Å². The first-order valence-electron chi connectivity index (χ1n) is 5.34. The molecule has 2 heterocycles. The Morgan fingerprint density at radius 1 is 1.28 bits per heavy atom. The monoisotopic (exact) mass is 243 g/mol. The van der Waals surface area contributed by atoms with Crippen molar-refractivity contribution >= 4 is 17.3 Å². The van der Waals surface area contributed by atoms with E-state index in [9.17, 15) is 4.79 Å². The SMILES string of the molecule is Cc1cncc(NC(=O)c2ccncc2NN)c1. The summed E-state index contributed by atoms with van der Waals surface area (Å²) in [6.07, 6.45) is 6.32. The summed E-state index contributed by atoms with van der Waals surface area (Å²) >= 11 is 0. The number of hydrogen-bond donors (Lipinski definition) is 3. The number of carbonyl (C=O) groups is 1. The molecule has 1 amide bonds. The minimum Gasteiger partial charge on any atom is -0.322 e. The van der Waals surface area contributed by atoms with Crippen LogP contribution in [-0.4, -0.2) is 15.9 Å². The normalized spacial score (nSPS) is 9.89. The average molecular weight is 243 g/mol. The molecule has 6 heteroatoms. The number of pyridine rings is 2. The summed E-state index contributed by atoms with van der Waals surface area (Å²) in [6, 6.07) is 3.43. The van der Waals surface area contributed by atoms with Gasteiger partial charge in [-0.25, -0.2) is 0 Å². The van der Waals surface area contributed by atoms with Crippen molar-refractivity contribution in [2.45, 2.75) is 6.92 Å². The molecule has 0 fully saturated rings. The number of carbonyl (C=O) groups excluding carboxylic acids is 1. The van der Waals surface area contributed by atoms with Crippen molar-refractivity contribution in [1.82, 2.24) is 9.97 Å². The Morgan fingerprint density at radius 3 is 2.83 bits per heavy atom. The number of nitrogen functional groups attached to an aromatic ring is 1. The van der Waals surface area contributed by atoms with Gasteiger partial charge in [-0.15, -0.1) is 0 Å². The molecule has 0 aliphatic carbocycles. The molecular weight excluding hydrogens is 230 g/mol. The molecular formula is C12H13N5O. The second kappa shape index (κ2) is 5.24. The van der Waals surface area contributed by atoms with Crippen LogP contribution in [0.3, 0.4) is 0 Å². The van der Waals surface area contributed by atoms with Gasteiger partial charge in [0.25, 0.3) is 5.91 Å². The van der Waals surface area contributed by atoms with Gasteiger partial charge in [-0.05, 0) is 24.6 Å². The van der Waals surface area contributed by atoms with Crippen LogP contribution < -0.4 is 16.6 Å². The van der Waals surface area contributed by atoms with Crippen LogP contribution in [0.15, 0.2) is 36.9 Å². The summed E-state index contributed by atoms with van der Waals surface area (Å²) in [5.74, 6) is 5.06. The summed E-state index contributed by atoms with van der Waals surface area (Å²) in [5.41, 5.74) is 4.94. The minimum absolute atomic E-state index is 0.266. The summed E-state index contributed by atoms with van der Waals surface area (Å²) in [6.45, 7) is 1.90. The van der Waals surface area contributed by atoms with Crippen LogP contribution in [0, 0.1) is 6.92 Å². The zero-order chi connectivity index (χ0) is 13.0. The highest BCUT2D eigenvalue weighted by Gasteiger charge is 2.10. The summed E-state index contributed by atoms with van der Waals surface area (Å²) in [4.78, 5) is 19.9. The molecule has 0 radical (unpaired) electrons. The largest absolute Gasteiger partial charge is 0.322 e. The predicted molar refractivity (Wildman–Crippen MR) is 69.0 cm³/mol. The molecule has 0 aromatic carbocycles. The highest BCUT2D eigenvalue weighted by atomic mass is 16.1. The Morgan fingerprint density at radius 2 is 2.11 bits per heavy atom. The zero-order valence-corrected chi connectivity index (χ0v) is 9.84. The Balaban J connectivity index is 2.22. The maximum absolute atomic E-state index is 12.0. The third kappa shape index (κ3) is 2.61. The lowest BCUT2D eigenvalue weighted by atomic mass is 10.2. The Kier molecular flexibility index (Phi) is 3.49. The Labute approximate surface area is 104 Å². The number of nitrogens with two attached hydrogens (primary N) is 1. The van der Waals surface area contributed by atoms with E-state index in [-0.39, 0.29) is 5.91 Å². The maximum atomic E-state index is 12.0. The number of aryl methyl sites for hydroxylation is 1. The highest BCUT2D eigenvalue weighted by molar-refractivity contribution is 6.07. The maximum Gasteiger partial charge on any atom is 0.257 e. The Bertz CT molecular complexity index is 570. The molecule has 92 valence electrons. The van der Waals surface area contributed by atoms with Gasteiger partial charge in [-0.3, -0.25) is 20.6 Å². The van der Waals surface area contributed by atoms with Crippen LogP contribution in [-0.2, 0) is 0 Å². The molecule has 6 nitrogen and oxygen atoms in total. The van der Waals surface area contributed by atoms with Crippen LogP contribution in [0.25, 0.3) is 0 Å². The fourth-order valence-electron chi connectivity index (χ4n) is 1.53.